The number of hydrogen-bond acceptors (Lipinski definition) is 2. The first-order valence-corrected chi connectivity index (χ1v) is 6.53. The van der Waals surface area contributed by atoms with Crippen molar-refractivity contribution >= 4 is 25.8 Å². The van der Waals surface area contributed by atoms with Crippen molar-refractivity contribution < 1.29 is 8.42 Å². The molecule has 0 fully saturated rings. The molecule has 1 aromatic carbocycles. The SMILES string of the molecule is CC(C)(C)S(=O)(=O)c1ccc(Br)cc1. The zero-order valence-electron chi connectivity index (χ0n) is 8.41. The predicted octanol–water partition coefficient (Wildman–Crippen LogP) is 3.02. The summed E-state index contributed by atoms with van der Waals surface area (Å²) < 4.78 is 24.0. The number of halogens is 1. The summed E-state index contributed by atoms with van der Waals surface area (Å²) in [5, 5.41) is 0. The second-order valence-electron chi connectivity index (χ2n) is 4.07. The molecule has 0 amide bonds. The first-order chi connectivity index (χ1) is 6.25. The molecular weight excluding hydrogens is 264 g/mol. The first-order valence-electron chi connectivity index (χ1n) is 4.25. The molecule has 0 N–H and O–H groups in total. The van der Waals surface area contributed by atoms with Crippen LogP contribution in [0.15, 0.2) is 33.6 Å². The smallest absolute Gasteiger partial charge is 0.183 e. The van der Waals surface area contributed by atoms with Crippen LogP contribution in [0.1, 0.15) is 20.8 Å². The minimum Gasteiger partial charge on any atom is -0.223 e. The van der Waals surface area contributed by atoms with Crippen molar-refractivity contribution in [3.8, 4) is 0 Å². The van der Waals surface area contributed by atoms with Gasteiger partial charge in [0.15, 0.2) is 9.84 Å². The maximum absolute atomic E-state index is 11.9. The van der Waals surface area contributed by atoms with Crippen molar-refractivity contribution in [3.05, 3.63) is 28.7 Å². The van der Waals surface area contributed by atoms with E-state index < -0.39 is 14.6 Å². The third-order valence-corrected chi connectivity index (χ3v) is 4.96. The van der Waals surface area contributed by atoms with E-state index >= 15 is 0 Å². The van der Waals surface area contributed by atoms with Crippen molar-refractivity contribution in [2.45, 2.75) is 30.4 Å². The van der Waals surface area contributed by atoms with Crippen LogP contribution in [0.2, 0.25) is 0 Å². The van der Waals surface area contributed by atoms with Crippen LogP contribution in [0, 0.1) is 0 Å². The topological polar surface area (TPSA) is 34.1 Å². The highest BCUT2D eigenvalue weighted by atomic mass is 79.9. The Morgan fingerprint density at radius 1 is 1.07 bits per heavy atom. The van der Waals surface area contributed by atoms with Crippen LogP contribution < -0.4 is 0 Å². The lowest BCUT2D eigenvalue weighted by Gasteiger charge is -2.19. The van der Waals surface area contributed by atoms with Crippen molar-refractivity contribution in [1.29, 1.82) is 0 Å². The molecule has 1 aromatic rings. The third-order valence-electron chi connectivity index (χ3n) is 1.93. The maximum Gasteiger partial charge on any atom is 0.183 e. The Morgan fingerprint density at radius 2 is 1.50 bits per heavy atom. The van der Waals surface area contributed by atoms with Gasteiger partial charge in [0.05, 0.1) is 9.64 Å². The molecule has 78 valence electrons. The molecular formula is C10H13BrO2S. The summed E-state index contributed by atoms with van der Waals surface area (Å²) >= 11 is 3.27. The lowest BCUT2D eigenvalue weighted by molar-refractivity contribution is 0.560. The summed E-state index contributed by atoms with van der Waals surface area (Å²) in [6.45, 7) is 5.10. The molecule has 0 unspecified atom stereocenters. The number of rotatable bonds is 1. The highest BCUT2D eigenvalue weighted by molar-refractivity contribution is 9.10. The third kappa shape index (κ3) is 2.17. The summed E-state index contributed by atoms with van der Waals surface area (Å²) in [6, 6.07) is 6.70. The normalized spacial score (nSPS) is 12.9. The van der Waals surface area contributed by atoms with E-state index in [2.05, 4.69) is 15.9 Å². The summed E-state index contributed by atoms with van der Waals surface area (Å²) in [4.78, 5) is 0.369. The molecule has 0 saturated carbocycles. The lowest BCUT2D eigenvalue weighted by atomic mass is 10.3. The molecule has 4 heteroatoms. The highest BCUT2D eigenvalue weighted by Crippen LogP contribution is 2.25. The zero-order chi connectivity index (χ0) is 11.0. The van der Waals surface area contributed by atoms with Crippen molar-refractivity contribution in [1.82, 2.24) is 0 Å². The molecule has 14 heavy (non-hydrogen) atoms. The molecule has 0 aliphatic heterocycles. The second-order valence-corrected chi connectivity index (χ2v) is 7.69. The van der Waals surface area contributed by atoms with Gasteiger partial charge in [-0.05, 0) is 45.0 Å². The van der Waals surface area contributed by atoms with Crippen LogP contribution in [0.3, 0.4) is 0 Å². The second kappa shape index (κ2) is 3.66. The fraction of sp³-hybridized carbons (Fsp3) is 0.400. The number of hydrogen-bond donors (Lipinski definition) is 0. The molecule has 0 aromatic heterocycles. The van der Waals surface area contributed by atoms with E-state index in [1.807, 2.05) is 0 Å². The van der Waals surface area contributed by atoms with E-state index in [9.17, 15) is 8.42 Å². The van der Waals surface area contributed by atoms with Crippen LogP contribution in [0.25, 0.3) is 0 Å². The molecule has 1 rings (SSSR count). The van der Waals surface area contributed by atoms with Crippen molar-refractivity contribution in [2.24, 2.45) is 0 Å². The standard InChI is InChI=1S/C10H13BrO2S/c1-10(2,3)14(12,13)9-6-4-8(11)5-7-9/h4-7H,1-3H3. The Balaban J connectivity index is 3.25. The largest absolute Gasteiger partial charge is 0.223 e. The van der Waals surface area contributed by atoms with Crippen molar-refractivity contribution in [3.63, 3.8) is 0 Å². The van der Waals surface area contributed by atoms with Crippen LogP contribution >= 0.6 is 15.9 Å². The van der Waals surface area contributed by atoms with Gasteiger partial charge in [-0.2, -0.15) is 0 Å². The van der Waals surface area contributed by atoms with E-state index in [4.69, 9.17) is 0 Å². The molecule has 0 aliphatic carbocycles. The van der Waals surface area contributed by atoms with Gasteiger partial charge in [0.2, 0.25) is 0 Å². The predicted molar refractivity (Wildman–Crippen MR) is 61.1 cm³/mol. The van der Waals surface area contributed by atoms with E-state index in [1.54, 1.807) is 45.0 Å². The highest BCUT2D eigenvalue weighted by Gasteiger charge is 2.30. The van der Waals surface area contributed by atoms with Gasteiger partial charge in [0.25, 0.3) is 0 Å². The van der Waals surface area contributed by atoms with Crippen molar-refractivity contribution in [2.75, 3.05) is 0 Å². The van der Waals surface area contributed by atoms with Gasteiger partial charge < -0.3 is 0 Å². The fourth-order valence-electron chi connectivity index (χ4n) is 0.967. The molecule has 0 radical (unpaired) electrons. The van der Waals surface area contributed by atoms with Gasteiger partial charge in [0.1, 0.15) is 0 Å². The maximum atomic E-state index is 11.9. The molecule has 0 spiro atoms. The monoisotopic (exact) mass is 276 g/mol. The Morgan fingerprint density at radius 3 is 1.86 bits per heavy atom. The molecule has 0 bridgehead atoms. The molecule has 0 heterocycles. The summed E-state index contributed by atoms with van der Waals surface area (Å²) in [7, 11) is -3.21. The van der Waals surface area contributed by atoms with Gasteiger partial charge in [-0.25, -0.2) is 8.42 Å². The fourth-order valence-corrected chi connectivity index (χ4v) is 2.43. The molecule has 0 saturated heterocycles. The molecule has 0 aliphatic rings. The number of benzene rings is 1. The van der Waals surface area contributed by atoms with Crippen LogP contribution in [-0.2, 0) is 9.84 Å². The van der Waals surface area contributed by atoms with Gasteiger partial charge in [0, 0.05) is 4.47 Å². The minimum absolute atomic E-state index is 0.369. The summed E-state index contributed by atoms with van der Waals surface area (Å²) in [6.07, 6.45) is 0. The average Bonchev–Trinajstić information content (AvgIpc) is 2.03. The first kappa shape index (κ1) is 11.7. The van der Waals surface area contributed by atoms with Gasteiger partial charge in [-0.3, -0.25) is 0 Å². The average molecular weight is 277 g/mol. The van der Waals surface area contributed by atoms with Crippen LogP contribution in [-0.4, -0.2) is 13.2 Å². The van der Waals surface area contributed by atoms with Crippen LogP contribution in [0.4, 0.5) is 0 Å². The van der Waals surface area contributed by atoms with Crippen LogP contribution in [0.5, 0.6) is 0 Å². The summed E-state index contributed by atoms with van der Waals surface area (Å²) in [5.74, 6) is 0. The van der Waals surface area contributed by atoms with Gasteiger partial charge in [-0.15, -0.1) is 0 Å². The Hall–Kier alpha value is -0.350. The van der Waals surface area contributed by atoms with E-state index in [0.717, 1.165) is 4.47 Å². The Bertz CT molecular complexity index is 412. The molecule has 0 atom stereocenters. The minimum atomic E-state index is -3.21. The quantitative estimate of drug-likeness (QED) is 0.790. The zero-order valence-corrected chi connectivity index (χ0v) is 10.8. The van der Waals surface area contributed by atoms with E-state index in [1.165, 1.54) is 0 Å². The Kier molecular flexibility index (Phi) is 3.07. The Labute approximate surface area is 93.4 Å². The van der Waals surface area contributed by atoms with Gasteiger partial charge in [-0.1, -0.05) is 15.9 Å². The van der Waals surface area contributed by atoms with Gasteiger partial charge >= 0.3 is 0 Å². The van der Waals surface area contributed by atoms with E-state index in [0.29, 0.717) is 4.90 Å². The molecule has 2 nitrogen and oxygen atoms in total. The lowest BCUT2D eigenvalue weighted by Crippen LogP contribution is -2.27. The number of sulfone groups is 1. The summed E-state index contributed by atoms with van der Waals surface area (Å²) in [5.41, 5.74) is 0. The van der Waals surface area contributed by atoms with E-state index in [-0.39, 0.29) is 0 Å².